The van der Waals surface area contributed by atoms with Crippen LogP contribution in [0.1, 0.15) is 34.1 Å². The van der Waals surface area contributed by atoms with Gasteiger partial charge in [-0.1, -0.05) is 27.7 Å². The van der Waals surface area contributed by atoms with Crippen molar-refractivity contribution in [3.8, 4) is 0 Å². The van der Waals surface area contributed by atoms with Crippen LogP contribution >= 0.6 is 11.8 Å². The molecule has 2 N–H and O–H groups in total. The predicted octanol–water partition coefficient (Wildman–Crippen LogP) is 2.29. The summed E-state index contributed by atoms with van der Waals surface area (Å²) in [5.41, 5.74) is 5.70. The molecule has 0 rings (SSSR count). The number of thioether (sulfide) groups is 1. The van der Waals surface area contributed by atoms with Gasteiger partial charge in [0, 0.05) is 11.3 Å². The molecule has 0 fully saturated rings. The second-order valence-electron chi connectivity index (χ2n) is 3.77. The molecule has 0 saturated carbocycles. The van der Waals surface area contributed by atoms with E-state index < -0.39 is 0 Å². The summed E-state index contributed by atoms with van der Waals surface area (Å²) in [5, 5.41) is 0. The molecule has 2 nitrogen and oxygen atoms in total. The van der Waals surface area contributed by atoms with Gasteiger partial charge in [0.2, 0.25) is 0 Å². The van der Waals surface area contributed by atoms with Gasteiger partial charge in [-0.25, -0.2) is 0 Å². The first-order chi connectivity index (χ1) is 5.45. The predicted molar refractivity (Wildman–Crippen MR) is 59.0 cm³/mol. The van der Waals surface area contributed by atoms with E-state index in [9.17, 15) is 0 Å². The number of hydrogen-bond donors (Lipinski definition) is 1. The molecule has 0 amide bonds. The first kappa shape index (κ1) is 11.8. The molecule has 12 heavy (non-hydrogen) atoms. The standard InChI is InChI=1S/C9H20N2S/c1-5-6-11-8(10)7-12-9(2,3)4/h5-7H2,1-4H3,(H2,10,11). The quantitative estimate of drug-likeness (QED) is 0.543. The Morgan fingerprint density at radius 2 is 2.00 bits per heavy atom. The highest BCUT2D eigenvalue weighted by atomic mass is 32.2. The number of nitrogens with zero attached hydrogens (tertiary/aromatic N) is 1. The molecule has 0 atom stereocenters. The van der Waals surface area contributed by atoms with Gasteiger partial charge in [0.25, 0.3) is 0 Å². The molecule has 0 unspecified atom stereocenters. The van der Waals surface area contributed by atoms with Gasteiger partial charge in [0.1, 0.15) is 5.84 Å². The fourth-order valence-electron chi connectivity index (χ4n) is 0.592. The molecule has 0 aromatic heterocycles. The minimum atomic E-state index is 0.284. The van der Waals surface area contributed by atoms with E-state index in [2.05, 4.69) is 32.7 Å². The summed E-state index contributed by atoms with van der Waals surface area (Å²) in [7, 11) is 0. The van der Waals surface area contributed by atoms with Crippen LogP contribution in [0.2, 0.25) is 0 Å². The van der Waals surface area contributed by atoms with Crippen molar-refractivity contribution in [3.05, 3.63) is 0 Å². The SMILES string of the molecule is CCCN=C(N)CSC(C)(C)C. The maximum Gasteiger partial charge on any atom is 0.104 e. The first-order valence-electron chi connectivity index (χ1n) is 4.38. The number of nitrogens with two attached hydrogens (primary N) is 1. The zero-order valence-corrected chi connectivity index (χ0v) is 9.37. The van der Waals surface area contributed by atoms with Gasteiger partial charge in [-0.3, -0.25) is 4.99 Å². The summed E-state index contributed by atoms with van der Waals surface area (Å²) in [4.78, 5) is 4.22. The minimum absolute atomic E-state index is 0.284. The van der Waals surface area contributed by atoms with Crippen molar-refractivity contribution in [2.45, 2.75) is 38.9 Å². The highest BCUT2D eigenvalue weighted by molar-refractivity contribution is 8.01. The molecular formula is C9H20N2S. The average molecular weight is 188 g/mol. The van der Waals surface area contributed by atoms with E-state index in [-0.39, 0.29) is 4.75 Å². The number of hydrogen-bond acceptors (Lipinski definition) is 2. The van der Waals surface area contributed by atoms with E-state index >= 15 is 0 Å². The van der Waals surface area contributed by atoms with E-state index in [1.165, 1.54) is 0 Å². The van der Waals surface area contributed by atoms with Crippen molar-refractivity contribution in [1.82, 2.24) is 0 Å². The lowest BCUT2D eigenvalue weighted by atomic mass is 10.3. The average Bonchev–Trinajstić information content (AvgIpc) is 1.95. The molecule has 0 aromatic rings. The molecule has 0 aromatic carbocycles. The Kier molecular flexibility index (Phi) is 5.38. The van der Waals surface area contributed by atoms with Crippen LogP contribution in [-0.4, -0.2) is 22.9 Å². The number of aliphatic imine (C=N–C) groups is 1. The summed E-state index contributed by atoms with van der Waals surface area (Å²) in [6.07, 6.45) is 1.07. The monoisotopic (exact) mass is 188 g/mol. The summed E-state index contributed by atoms with van der Waals surface area (Å²) >= 11 is 1.84. The Morgan fingerprint density at radius 1 is 1.42 bits per heavy atom. The van der Waals surface area contributed by atoms with E-state index in [1.807, 2.05) is 11.8 Å². The van der Waals surface area contributed by atoms with Gasteiger partial charge >= 0.3 is 0 Å². The van der Waals surface area contributed by atoms with Gasteiger partial charge in [-0.15, -0.1) is 11.8 Å². The topological polar surface area (TPSA) is 38.4 Å². The third-order valence-corrected chi connectivity index (χ3v) is 2.50. The fraction of sp³-hybridized carbons (Fsp3) is 0.889. The van der Waals surface area contributed by atoms with Crippen LogP contribution in [-0.2, 0) is 0 Å². The summed E-state index contributed by atoms with van der Waals surface area (Å²) in [5.74, 6) is 1.63. The third-order valence-electron chi connectivity index (χ3n) is 1.19. The van der Waals surface area contributed by atoms with Crippen molar-refractivity contribution in [3.63, 3.8) is 0 Å². The van der Waals surface area contributed by atoms with E-state index in [1.54, 1.807) is 0 Å². The molecule has 0 heterocycles. The zero-order valence-electron chi connectivity index (χ0n) is 8.55. The van der Waals surface area contributed by atoms with Gasteiger partial charge in [0.15, 0.2) is 0 Å². The normalized spacial score (nSPS) is 13.5. The van der Waals surface area contributed by atoms with Crippen molar-refractivity contribution in [2.75, 3.05) is 12.3 Å². The molecule has 72 valence electrons. The second kappa shape index (κ2) is 5.46. The Bertz CT molecular complexity index is 147. The molecule has 0 aliphatic carbocycles. The Hall–Kier alpha value is -0.180. The maximum atomic E-state index is 5.70. The van der Waals surface area contributed by atoms with E-state index in [0.29, 0.717) is 0 Å². The van der Waals surface area contributed by atoms with Crippen molar-refractivity contribution in [2.24, 2.45) is 10.7 Å². The van der Waals surface area contributed by atoms with Crippen LogP contribution in [0.5, 0.6) is 0 Å². The van der Waals surface area contributed by atoms with Gasteiger partial charge < -0.3 is 5.73 Å². The van der Waals surface area contributed by atoms with Crippen LogP contribution in [0.25, 0.3) is 0 Å². The Labute approximate surface area is 80.0 Å². The molecule has 0 radical (unpaired) electrons. The van der Waals surface area contributed by atoms with Crippen LogP contribution in [0.15, 0.2) is 4.99 Å². The lowest BCUT2D eigenvalue weighted by Crippen LogP contribution is -2.19. The van der Waals surface area contributed by atoms with Gasteiger partial charge in [0.05, 0.1) is 5.75 Å². The molecule has 0 saturated heterocycles. The van der Waals surface area contributed by atoms with Crippen LogP contribution in [0.3, 0.4) is 0 Å². The Morgan fingerprint density at radius 3 is 2.42 bits per heavy atom. The molecule has 0 aliphatic rings. The number of rotatable bonds is 4. The molecule has 0 spiro atoms. The van der Waals surface area contributed by atoms with Crippen LogP contribution in [0, 0.1) is 0 Å². The van der Waals surface area contributed by atoms with Crippen molar-refractivity contribution >= 4 is 17.6 Å². The molecule has 0 bridgehead atoms. The Balaban J connectivity index is 3.63. The number of amidine groups is 1. The lowest BCUT2D eigenvalue weighted by molar-refractivity contribution is 0.805. The lowest BCUT2D eigenvalue weighted by Gasteiger charge is -2.16. The summed E-state index contributed by atoms with van der Waals surface area (Å²) < 4.78 is 0.284. The largest absolute Gasteiger partial charge is 0.387 e. The molecule has 0 aliphatic heterocycles. The van der Waals surface area contributed by atoms with Crippen molar-refractivity contribution < 1.29 is 0 Å². The molecule has 3 heteroatoms. The van der Waals surface area contributed by atoms with Crippen LogP contribution < -0.4 is 5.73 Å². The third kappa shape index (κ3) is 7.92. The summed E-state index contributed by atoms with van der Waals surface area (Å²) in [6.45, 7) is 9.52. The second-order valence-corrected chi connectivity index (χ2v) is 5.58. The van der Waals surface area contributed by atoms with Crippen molar-refractivity contribution in [1.29, 1.82) is 0 Å². The highest BCUT2D eigenvalue weighted by Crippen LogP contribution is 2.22. The fourth-order valence-corrected chi connectivity index (χ4v) is 1.26. The highest BCUT2D eigenvalue weighted by Gasteiger charge is 2.10. The summed E-state index contributed by atoms with van der Waals surface area (Å²) in [6, 6.07) is 0. The van der Waals surface area contributed by atoms with Gasteiger partial charge in [-0.05, 0) is 6.42 Å². The van der Waals surface area contributed by atoms with Crippen LogP contribution in [0.4, 0.5) is 0 Å². The van der Waals surface area contributed by atoms with E-state index in [4.69, 9.17) is 5.73 Å². The molecular weight excluding hydrogens is 168 g/mol. The minimum Gasteiger partial charge on any atom is -0.387 e. The van der Waals surface area contributed by atoms with E-state index in [0.717, 1.165) is 24.6 Å². The van der Waals surface area contributed by atoms with Gasteiger partial charge in [-0.2, -0.15) is 0 Å². The first-order valence-corrected chi connectivity index (χ1v) is 5.37. The smallest absolute Gasteiger partial charge is 0.104 e. The zero-order chi connectivity index (χ0) is 9.61. The maximum absolute atomic E-state index is 5.70.